The Balaban J connectivity index is 1.30. The monoisotopic (exact) mass is 414 g/mol. The number of carbonyl (C=O) groups is 2. The van der Waals surface area contributed by atoms with Gasteiger partial charge in [-0.05, 0) is 43.2 Å². The molecule has 29 heavy (non-hydrogen) atoms. The average Bonchev–Trinajstić information content (AvgIpc) is 3.48. The zero-order valence-electron chi connectivity index (χ0n) is 16.3. The summed E-state index contributed by atoms with van der Waals surface area (Å²) in [5, 5.41) is 11.5. The second-order valence-corrected chi connectivity index (χ2v) is 9.02. The van der Waals surface area contributed by atoms with Gasteiger partial charge in [-0.1, -0.05) is 24.2 Å². The summed E-state index contributed by atoms with van der Waals surface area (Å²) in [6, 6.07) is 1.89. The SMILES string of the molecule is Nc1nnc(CNC(=O)c2cncc(CC3CCN(C(=O)C4CCCC4)C3)c2)s1. The topological polar surface area (TPSA) is 114 Å². The van der Waals surface area contributed by atoms with E-state index in [4.69, 9.17) is 5.73 Å². The average molecular weight is 415 g/mol. The third-order valence-corrected chi connectivity index (χ3v) is 6.52. The molecular weight excluding hydrogens is 388 g/mol. The van der Waals surface area contributed by atoms with Crippen molar-refractivity contribution in [1.29, 1.82) is 0 Å². The molecule has 8 nitrogen and oxygen atoms in total. The zero-order chi connectivity index (χ0) is 20.2. The van der Waals surface area contributed by atoms with E-state index in [0.29, 0.717) is 34.1 Å². The number of hydrogen-bond donors (Lipinski definition) is 2. The summed E-state index contributed by atoms with van der Waals surface area (Å²) < 4.78 is 0. The van der Waals surface area contributed by atoms with E-state index >= 15 is 0 Å². The van der Waals surface area contributed by atoms with Gasteiger partial charge in [0.05, 0.1) is 12.1 Å². The number of pyridine rings is 1. The van der Waals surface area contributed by atoms with Gasteiger partial charge < -0.3 is 16.0 Å². The van der Waals surface area contributed by atoms with Gasteiger partial charge >= 0.3 is 0 Å². The molecule has 3 heterocycles. The van der Waals surface area contributed by atoms with Crippen LogP contribution in [-0.2, 0) is 17.8 Å². The molecule has 0 aromatic carbocycles. The molecule has 1 saturated carbocycles. The predicted molar refractivity (Wildman–Crippen MR) is 110 cm³/mol. The number of nitrogen functional groups attached to an aromatic ring is 1. The fourth-order valence-corrected chi connectivity index (χ4v) is 4.83. The van der Waals surface area contributed by atoms with E-state index < -0.39 is 0 Å². The fraction of sp³-hybridized carbons (Fsp3) is 0.550. The minimum Gasteiger partial charge on any atom is -0.374 e. The maximum Gasteiger partial charge on any atom is 0.253 e. The number of likely N-dealkylation sites (tertiary alicyclic amines) is 1. The van der Waals surface area contributed by atoms with E-state index in [1.54, 1.807) is 6.20 Å². The molecule has 3 N–H and O–H groups in total. The quantitative estimate of drug-likeness (QED) is 0.747. The highest BCUT2D eigenvalue weighted by atomic mass is 32.1. The third kappa shape index (κ3) is 4.90. The number of aromatic nitrogens is 3. The molecule has 1 aliphatic heterocycles. The summed E-state index contributed by atoms with van der Waals surface area (Å²) in [4.78, 5) is 31.3. The maximum absolute atomic E-state index is 12.6. The molecule has 2 fully saturated rings. The molecule has 0 spiro atoms. The first kappa shape index (κ1) is 19.8. The molecule has 1 saturated heterocycles. The summed E-state index contributed by atoms with van der Waals surface area (Å²) in [5.41, 5.74) is 7.11. The minimum atomic E-state index is -0.197. The normalized spacial score (nSPS) is 19.6. The van der Waals surface area contributed by atoms with Gasteiger partial charge in [0.15, 0.2) is 0 Å². The molecule has 2 amide bonds. The lowest BCUT2D eigenvalue weighted by Crippen LogP contribution is -2.33. The van der Waals surface area contributed by atoms with Gasteiger partial charge in [-0.25, -0.2) is 0 Å². The lowest BCUT2D eigenvalue weighted by molar-refractivity contribution is -0.134. The second kappa shape index (κ2) is 8.86. The van der Waals surface area contributed by atoms with E-state index in [0.717, 1.165) is 44.3 Å². The molecule has 4 rings (SSSR count). The molecular formula is C20H26N6O2S. The molecule has 1 aliphatic carbocycles. The van der Waals surface area contributed by atoms with Crippen molar-refractivity contribution in [2.75, 3.05) is 18.8 Å². The molecule has 2 aliphatic rings. The number of nitrogens with zero attached hydrogens (tertiary/aromatic N) is 4. The van der Waals surface area contributed by atoms with Crippen molar-refractivity contribution in [3.05, 3.63) is 34.6 Å². The van der Waals surface area contributed by atoms with Crippen molar-refractivity contribution in [3.63, 3.8) is 0 Å². The van der Waals surface area contributed by atoms with E-state index in [1.807, 2.05) is 17.2 Å². The maximum atomic E-state index is 12.6. The molecule has 2 aromatic heterocycles. The van der Waals surface area contributed by atoms with Gasteiger partial charge in [-0.3, -0.25) is 14.6 Å². The van der Waals surface area contributed by atoms with Gasteiger partial charge in [0.2, 0.25) is 11.0 Å². The van der Waals surface area contributed by atoms with Crippen LogP contribution in [0, 0.1) is 11.8 Å². The summed E-state index contributed by atoms with van der Waals surface area (Å²) in [5.74, 6) is 0.807. The van der Waals surface area contributed by atoms with Crippen molar-refractivity contribution in [3.8, 4) is 0 Å². The van der Waals surface area contributed by atoms with Crippen LogP contribution < -0.4 is 11.1 Å². The highest BCUT2D eigenvalue weighted by Crippen LogP contribution is 2.29. The summed E-state index contributed by atoms with van der Waals surface area (Å²) >= 11 is 1.25. The molecule has 1 unspecified atom stereocenters. The lowest BCUT2D eigenvalue weighted by Gasteiger charge is -2.20. The molecule has 154 valence electrons. The smallest absolute Gasteiger partial charge is 0.253 e. The van der Waals surface area contributed by atoms with Gasteiger partial charge in [-0.15, -0.1) is 10.2 Å². The number of anilines is 1. The zero-order valence-corrected chi connectivity index (χ0v) is 17.2. The van der Waals surface area contributed by atoms with Crippen LogP contribution in [0.3, 0.4) is 0 Å². The Bertz CT molecular complexity index is 879. The van der Waals surface area contributed by atoms with Crippen LogP contribution in [0.25, 0.3) is 0 Å². The van der Waals surface area contributed by atoms with Crippen LogP contribution in [0.1, 0.15) is 53.0 Å². The van der Waals surface area contributed by atoms with Crippen molar-refractivity contribution in [1.82, 2.24) is 25.4 Å². The van der Waals surface area contributed by atoms with E-state index in [9.17, 15) is 9.59 Å². The van der Waals surface area contributed by atoms with E-state index in [-0.39, 0.29) is 11.8 Å². The summed E-state index contributed by atoms with van der Waals surface area (Å²) in [6.07, 6.45) is 9.67. The minimum absolute atomic E-state index is 0.197. The van der Waals surface area contributed by atoms with Gasteiger partial charge in [0, 0.05) is 31.4 Å². The number of nitrogens with two attached hydrogens (primary N) is 1. The highest BCUT2D eigenvalue weighted by molar-refractivity contribution is 7.15. The Morgan fingerprint density at radius 2 is 2.03 bits per heavy atom. The van der Waals surface area contributed by atoms with Gasteiger partial charge in [0.25, 0.3) is 5.91 Å². The number of carbonyl (C=O) groups excluding carboxylic acids is 2. The van der Waals surface area contributed by atoms with E-state index in [2.05, 4.69) is 20.5 Å². The first-order valence-corrected chi connectivity index (χ1v) is 11.0. The Labute approximate surface area is 173 Å². The number of hydrogen-bond acceptors (Lipinski definition) is 7. The first-order chi connectivity index (χ1) is 14.1. The van der Waals surface area contributed by atoms with Crippen LogP contribution in [0.4, 0.5) is 5.13 Å². The molecule has 0 radical (unpaired) electrons. The van der Waals surface area contributed by atoms with E-state index in [1.165, 1.54) is 24.2 Å². The molecule has 1 atom stereocenters. The Morgan fingerprint density at radius 3 is 2.79 bits per heavy atom. The largest absolute Gasteiger partial charge is 0.374 e. The standard InChI is InChI=1S/C20H26N6O2S/c21-20-25-24-17(29-20)11-23-18(27)16-8-14(9-22-10-16)7-13-5-6-26(12-13)19(28)15-3-1-2-4-15/h8-10,13,15H,1-7,11-12H2,(H2,21,25)(H,23,27). The van der Waals surface area contributed by atoms with Crippen molar-refractivity contribution >= 4 is 28.3 Å². The molecule has 9 heteroatoms. The van der Waals surface area contributed by atoms with Crippen molar-refractivity contribution < 1.29 is 9.59 Å². The lowest BCUT2D eigenvalue weighted by atomic mass is 9.99. The molecule has 0 bridgehead atoms. The Morgan fingerprint density at radius 1 is 1.21 bits per heavy atom. The van der Waals surface area contributed by atoms with Crippen molar-refractivity contribution in [2.45, 2.75) is 45.1 Å². The van der Waals surface area contributed by atoms with Crippen molar-refractivity contribution in [2.24, 2.45) is 11.8 Å². The molecule has 2 aromatic rings. The predicted octanol–water partition coefficient (Wildman–Crippen LogP) is 2.03. The van der Waals surface area contributed by atoms with Gasteiger partial charge in [-0.2, -0.15) is 0 Å². The number of nitrogens with one attached hydrogen (secondary N) is 1. The van der Waals surface area contributed by atoms with Crippen LogP contribution in [0.2, 0.25) is 0 Å². The van der Waals surface area contributed by atoms with Crippen LogP contribution in [0.5, 0.6) is 0 Å². The Kier molecular flexibility index (Phi) is 6.03. The van der Waals surface area contributed by atoms with Crippen LogP contribution in [-0.4, -0.2) is 45.0 Å². The van der Waals surface area contributed by atoms with Gasteiger partial charge in [0.1, 0.15) is 5.01 Å². The summed E-state index contributed by atoms with van der Waals surface area (Å²) in [7, 11) is 0. The fourth-order valence-electron chi connectivity index (χ4n) is 4.28. The number of amides is 2. The number of rotatable bonds is 6. The third-order valence-electron chi connectivity index (χ3n) is 5.77. The summed E-state index contributed by atoms with van der Waals surface area (Å²) in [6.45, 7) is 1.95. The first-order valence-electron chi connectivity index (χ1n) is 10.2. The Hall–Kier alpha value is -2.55. The van der Waals surface area contributed by atoms with Crippen LogP contribution in [0.15, 0.2) is 18.5 Å². The highest BCUT2D eigenvalue weighted by Gasteiger charge is 2.32. The second-order valence-electron chi connectivity index (χ2n) is 7.92. The van der Waals surface area contributed by atoms with Crippen LogP contribution >= 0.6 is 11.3 Å².